The van der Waals surface area contributed by atoms with E-state index in [0.29, 0.717) is 0 Å². The van der Waals surface area contributed by atoms with Crippen molar-refractivity contribution in [3.63, 3.8) is 0 Å². The third-order valence-electron chi connectivity index (χ3n) is 0.401. The van der Waals surface area contributed by atoms with E-state index in [1.54, 1.807) is 5.38 Å². The summed E-state index contributed by atoms with van der Waals surface area (Å²) in [5, 5.41) is 3.73. The van der Waals surface area contributed by atoms with E-state index in [-0.39, 0.29) is 0 Å². The van der Waals surface area contributed by atoms with Gasteiger partial charge in [0.15, 0.2) is 0 Å². The van der Waals surface area contributed by atoms with E-state index in [4.69, 9.17) is 11.6 Å². The zero-order valence-electron chi connectivity index (χ0n) is 5.13. The third kappa shape index (κ3) is 6.23. The lowest BCUT2D eigenvalue weighted by atomic mass is 11.3. The minimum Gasteiger partial charge on any atom is -0.335 e. The summed E-state index contributed by atoms with van der Waals surface area (Å²) >= 11 is 9.18. The molecule has 0 bridgehead atoms. The van der Waals surface area contributed by atoms with Crippen LogP contribution < -0.4 is 0 Å². The summed E-state index contributed by atoms with van der Waals surface area (Å²) in [4.78, 5) is 0. The fraction of sp³-hybridized carbons (Fsp3) is 0. The molecule has 0 heterocycles. The molecule has 0 fully saturated rings. The second kappa shape index (κ2) is 5.20. The number of hydrogen-bond donors (Lipinski definition) is 0. The van der Waals surface area contributed by atoms with Crippen molar-refractivity contribution in [3.05, 3.63) is 0 Å². The normalized spacial score (nSPS) is 15.5. The standard InChI is InChI=1S/C3Cl2F2NO3P/c4-1-2-10-12(7,9)11-8-3(5)6/b8-3-. The molecule has 0 amide bonds. The van der Waals surface area contributed by atoms with Crippen molar-refractivity contribution in [2.45, 2.75) is 0 Å². The van der Waals surface area contributed by atoms with Crippen LogP contribution in [0.1, 0.15) is 0 Å². The molecule has 0 aliphatic heterocycles. The lowest BCUT2D eigenvalue weighted by Crippen LogP contribution is -1.81. The monoisotopic (exact) mass is 237 g/mol. The Morgan fingerprint density at radius 1 is 1.67 bits per heavy atom. The largest absolute Gasteiger partial charge is 0.658 e. The second-order valence-corrected chi connectivity index (χ2v) is 2.84. The van der Waals surface area contributed by atoms with E-state index in [9.17, 15) is 13.2 Å². The van der Waals surface area contributed by atoms with Crippen LogP contribution in [0.3, 0.4) is 0 Å². The number of hydrogen-bond acceptors (Lipinski definition) is 4. The molecule has 0 aliphatic carbocycles. The van der Waals surface area contributed by atoms with Crippen LogP contribution in [0, 0.1) is 11.5 Å². The van der Waals surface area contributed by atoms with Crippen molar-refractivity contribution in [2.24, 2.45) is 5.16 Å². The number of nitrogens with zero attached hydrogens (tertiary/aromatic N) is 1. The van der Waals surface area contributed by atoms with Gasteiger partial charge < -0.3 is 4.52 Å². The molecule has 0 radical (unpaired) electrons. The van der Waals surface area contributed by atoms with Crippen molar-refractivity contribution in [3.8, 4) is 11.5 Å². The SMILES string of the molecule is O=P(F)(OC#CCl)O/N=C(\F)Cl. The molecule has 0 spiro atoms. The van der Waals surface area contributed by atoms with Crippen LogP contribution in [0.5, 0.6) is 0 Å². The average molecular weight is 238 g/mol. The summed E-state index contributed by atoms with van der Waals surface area (Å²) in [6.45, 7) is 0. The lowest BCUT2D eigenvalue weighted by molar-refractivity contribution is 0.231. The van der Waals surface area contributed by atoms with Gasteiger partial charge in [-0.25, -0.2) is 0 Å². The van der Waals surface area contributed by atoms with E-state index in [2.05, 4.69) is 25.9 Å². The van der Waals surface area contributed by atoms with Gasteiger partial charge in [-0.05, 0) is 28.4 Å². The summed E-state index contributed by atoms with van der Waals surface area (Å²) in [7, 11) is -5.03. The Morgan fingerprint density at radius 3 is 2.67 bits per heavy atom. The van der Waals surface area contributed by atoms with Gasteiger partial charge in [0.2, 0.25) is 0 Å². The summed E-state index contributed by atoms with van der Waals surface area (Å²) in [6, 6.07) is 0. The molecule has 12 heavy (non-hydrogen) atoms. The first-order valence-electron chi connectivity index (χ1n) is 2.14. The molecule has 0 aromatic heterocycles. The van der Waals surface area contributed by atoms with Crippen molar-refractivity contribution in [1.29, 1.82) is 0 Å². The van der Waals surface area contributed by atoms with Crippen LogP contribution in [0.25, 0.3) is 0 Å². The van der Waals surface area contributed by atoms with E-state index in [0.717, 1.165) is 0 Å². The van der Waals surface area contributed by atoms with Crippen molar-refractivity contribution in [1.82, 2.24) is 0 Å². The number of halogens is 4. The van der Waals surface area contributed by atoms with E-state index in [1.165, 1.54) is 6.11 Å². The zero-order valence-corrected chi connectivity index (χ0v) is 7.54. The maximum absolute atomic E-state index is 12.3. The zero-order chi connectivity index (χ0) is 9.61. The Labute approximate surface area is 76.1 Å². The van der Waals surface area contributed by atoms with Gasteiger partial charge in [0.1, 0.15) is 6.11 Å². The Hall–Kier alpha value is -0.500. The third-order valence-corrected chi connectivity index (χ3v) is 1.13. The fourth-order valence-electron chi connectivity index (χ4n) is 0.168. The first kappa shape index (κ1) is 11.5. The second-order valence-electron chi connectivity index (χ2n) is 1.13. The predicted octanol–water partition coefficient (Wildman–Crippen LogP) is 2.73. The van der Waals surface area contributed by atoms with Gasteiger partial charge in [-0.1, -0.05) is 0 Å². The molecular formula is C3Cl2F2NO3P. The summed E-state index contributed by atoms with van der Waals surface area (Å²) in [5.74, 6) is 0. The van der Waals surface area contributed by atoms with Crippen molar-refractivity contribution < 1.29 is 22.3 Å². The Bertz CT molecular complexity index is 281. The number of oxime groups is 1. The summed E-state index contributed by atoms with van der Waals surface area (Å²) in [5.41, 5.74) is -1.63. The average Bonchev–Trinajstić information content (AvgIpc) is 1.98. The molecular weight excluding hydrogens is 238 g/mol. The van der Waals surface area contributed by atoms with Crippen molar-refractivity contribution >= 4 is 36.5 Å². The summed E-state index contributed by atoms with van der Waals surface area (Å²) < 4.78 is 41.0. The van der Waals surface area contributed by atoms with Gasteiger partial charge in [-0.15, -0.1) is 4.20 Å². The topological polar surface area (TPSA) is 47.9 Å². The molecule has 0 N–H and O–H groups in total. The maximum atomic E-state index is 12.3. The maximum Gasteiger partial charge on any atom is 0.658 e. The Balaban J connectivity index is 4.11. The molecule has 68 valence electrons. The predicted molar refractivity (Wildman–Crippen MR) is 38.9 cm³/mol. The molecule has 0 aliphatic rings. The summed E-state index contributed by atoms with van der Waals surface area (Å²) in [6.07, 6.45) is 1.43. The van der Waals surface area contributed by atoms with Gasteiger partial charge in [-0.3, -0.25) is 4.62 Å². The molecule has 0 aromatic carbocycles. The molecule has 4 nitrogen and oxygen atoms in total. The van der Waals surface area contributed by atoms with Crippen LogP contribution in [-0.4, -0.2) is 5.42 Å². The minimum absolute atomic E-state index is 1.43. The molecule has 1 atom stereocenters. The minimum atomic E-state index is -5.03. The quantitative estimate of drug-likeness (QED) is 0.328. The van der Waals surface area contributed by atoms with Crippen LogP contribution in [-0.2, 0) is 13.7 Å². The first-order valence-corrected chi connectivity index (χ1v) is 4.33. The van der Waals surface area contributed by atoms with Gasteiger partial charge in [0.25, 0.3) is 0 Å². The molecule has 1 unspecified atom stereocenters. The highest BCUT2D eigenvalue weighted by Gasteiger charge is 2.27. The highest BCUT2D eigenvalue weighted by Crippen LogP contribution is 2.49. The smallest absolute Gasteiger partial charge is 0.335 e. The highest BCUT2D eigenvalue weighted by atomic mass is 35.5. The van der Waals surface area contributed by atoms with Crippen LogP contribution in [0.4, 0.5) is 8.59 Å². The Kier molecular flexibility index (Phi) is 4.98. The van der Waals surface area contributed by atoms with Gasteiger partial charge in [-0.2, -0.15) is 8.96 Å². The molecule has 0 aromatic rings. The van der Waals surface area contributed by atoms with Crippen LogP contribution in [0.2, 0.25) is 0 Å². The van der Waals surface area contributed by atoms with Crippen LogP contribution in [0.15, 0.2) is 5.16 Å². The lowest BCUT2D eigenvalue weighted by Gasteiger charge is -1.98. The van der Waals surface area contributed by atoms with Gasteiger partial charge >= 0.3 is 13.3 Å². The Morgan fingerprint density at radius 2 is 2.25 bits per heavy atom. The fourth-order valence-corrected chi connectivity index (χ4v) is 0.700. The van der Waals surface area contributed by atoms with Gasteiger partial charge in [0.05, 0.1) is 0 Å². The number of rotatable bonds is 3. The van der Waals surface area contributed by atoms with Crippen LogP contribution >= 0.6 is 31.1 Å². The highest BCUT2D eigenvalue weighted by molar-refractivity contribution is 7.48. The molecule has 0 saturated carbocycles. The first-order chi connectivity index (χ1) is 5.48. The van der Waals surface area contributed by atoms with Crippen molar-refractivity contribution in [2.75, 3.05) is 0 Å². The van der Waals surface area contributed by atoms with E-state index >= 15 is 0 Å². The van der Waals surface area contributed by atoms with Gasteiger partial charge in [0, 0.05) is 5.38 Å². The molecule has 0 rings (SSSR count). The van der Waals surface area contributed by atoms with E-state index in [1.807, 2.05) is 0 Å². The molecule has 0 saturated heterocycles. The molecule has 9 heteroatoms. The van der Waals surface area contributed by atoms with E-state index < -0.39 is 13.3 Å².